The maximum atomic E-state index is 6.18. The second kappa shape index (κ2) is 6.71. The summed E-state index contributed by atoms with van der Waals surface area (Å²) >= 11 is 1.81. The third-order valence-electron chi connectivity index (χ3n) is 5.52. The Morgan fingerprint density at radius 3 is 1.45 bits per heavy atom. The van der Waals surface area contributed by atoms with E-state index in [1.807, 2.05) is 24.3 Å². The molecule has 0 unspecified atom stereocenters. The molecule has 0 spiro atoms. The molecule has 4 aromatic carbocycles. The van der Waals surface area contributed by atoms with Gasteiger partial charge in [-0.1, -0.05) is 60.3 Å². The van der Waals surface area contributed by atoms with Crippen LogP contribution in [-0.4, -0.2) is 0 Å². The lowest BCUT2D eigenvalue weighted by Gasteiger charge is -2.24. The standard InChI is InChI=1S/C26H18O2S/c1-3-9-21-17(7-1)15-19-23(27-21)11-5-13-25(19)29-26-14-6-12-24-20(26)16-18-8-2-4-10-22(18)28-24/h1-14H,15-16H2. The lowest BCUT2D eigenvalue weighted by atomic mass is 10.0. The molecule has 0 saturated carbocycles. The molecule has 4 aromatic rings. The molecule has 0 atom stereocenters. The lowest BCUT2D eigenvalue weighted by Crippen LogP contribution is -2.05. The van der Waals surface area contributed by atoms with E-state index in [0.717, 1.165) is 35.8 Å². The summed E-state index contributed by atoms with van der Waals surface area (Å²) in [6, 6.07) is 29.3. The van der Waals surface area contributed by atoms with Crippen LogP contribution in [0.25, 0.3) is 0 Å². The summed E-state index contributed by atoms with van der Waals surface area (Å²) in [6.45, 7) is 0. The van der Waals surface area contributed by atoms with E-state index in [1.54, 1.807) is 11.8 Å². The Hall–Kier alpha value is -3.17. The number of para-hydroxylation sites is 2. The maximum absolute atomic E-state index is 6.18. The minimum Gasteiger partial charge on any atom is -0.457 e. The first-order chi connectivity index (χ1) is 14.3. The molecule has 0 aliphatic carbocycles. The molecule has 3 heteroatoms. The fraction of sp³-hybridized carbons (Fsp3) is 0.0769. The second-order valence-electron chi connectivity index (χ2n) is 7.34. The van der Waals surface area contributed by atoms with Crippen molar-refractivity contribution in [1.82, 2.24) is 0 Å². The third-order valence-corrected chi connectivity index (χ3v) is 6.72. The summed E-state index contributed by atoms with van der Waals surface area (Å²) in [7, 11) is 0. The molecule has 0 N–H and O–H groups in total. The van der Waals surface area contributed by atoms with E-state index in [0.29, 0.717) is 0 Å². The molecule has 0 fully saturated rings. The van der Waals surface area contributed by atoms with Crippen LogP contribution in [0.1, 0.15) is 22.3 Å². The van der Waals surface area contributed by atoms with Gasteiger partial charge in [-0.25, -0.2) is 0 Å². The molecule has 2 heterocycles. The zero-order chi connectivity index (χ0) is 19.2. The highest BCUT2D eigenvalue weighted by atomic mass is 32.2. The van der Waals surface area contributed by atoms with Crippen LogP contribution in [-0.2, 0) is 12.8 Å². The van der Waals surface area contributed by atoms with Crippen LogP contribution >= 0.6 is 11.8 Å². The molecule has 2 nitrogen and oxygen atoms in total. The van der Waals surface area contributed by atoms with Gasteiger partial charge >= 0.3 is 0 Å². The van der Waals surface area contributed by atoms with E-state index in [4.69, 9.17) is 9.47 Å². The van der Waals surface area contributed by atoms with Crippen molar-refractivity contribution in [3.8, 4) is 23.0 Å². The Labute approximate surface area is 174 Å². The molecule has 0 bridgehead atoms. The summed E-state index contributed by atoms with van der Waals surface area (Å²) in [5.41, 5.74) is 4.98. The van der Waals surface area contributed by atoms with Crippen molar-refractivity contribution in [3.05, 3.63) is 107 Å². The summed E-state index contributed by atoms with van der Waals surface area (Å²) in [5, 5.41) is 0. The van der Waals surface area contributed by atoms with Gasteiger partial charge in [0.15, 0.2) is 0 Å². The SMILES string of the molecule is c1ccc2c(c1)Cc1c(cccc1Sc1cccc3c1Cc1ccccc1O3)O2. The first kappa shape index (κ1) is 16.8. The van der Waals surface area contributed by atoms with Crippen molar-refractivity contribution in [2.45, 2.75) is 22.6 Å². The summed E-state index contributed by atoms with van der Waals surface area (Å²) in [6.07, 6.45) is 1.78. The number of hydrogen-bond donors (Lipinski definition) is 0. The van der Waals surface area contributed by atoms with Crippen molar-refractivity contribution in [2.24, 2.45) is 0 Å². The zero-order valence-corrected chi connectivity index (χ0v) is 16.5. The Balaban J connectivity index is 1.38. The molecule has 2 aliphatic heterocycles. The highest BCUT2D eigenvalue weighted by Gasteiger charge is 2.23. The fourth-order valence-corrected chi connectivity index (χ4v) is 5.18. The van der Waals surface area contributed by atoms with Gasteiger partial charge in [0.25, 0.3) is 0 Å². The number of fused-ring (bicyclic) bond motifs is 4. The van der Waals surface area contributed by atoms with Crippen molar-refractivity contribution in [1.29, 1.82) is 0 Å². The van der Waals surface area contributed by atoms with E-state index in [1.165, 1.54) is 32.0 Å². The molecule has 0 saturated heterocycles. The second-order valence-corrected chi connectivity index (χ2v) is 8.42. The topological polar surface area (TPSA) is 18.5 Å². The van der Waals surface area contributed by atoms with Crippen LogP contribution in [0.2, 0.25) is 0 Å². The van der Waals surface area contributed by atoms with Gasteiger partial charge in [-0.15, -0.1) is 0 Å². The maximum Gasteiger partial charge on any atom is 0.132 e. The zero-order valence-electron chi connectivity index (χ0n) is 15.7. The highest BCUT2D eigenvalue weighted by molar-refractivity contribution is 7.99. The molecule has 140 valence electrons. The van der Waals surface area contributed by atoms with Crippen molar-refractivity contribution >= 4 is 11.8 Å². The van der Waals surface area contributed by atoms with Crippen molar-refractivity contribution < 1.29 is 9.47 Å². The Kier molecular flexibility index (Phi) is 3.88. The summed E-state index contributed by atoms with van der Waals surface area (Å²) in [4.78, 5) is 2.48. The van der Waals surface area contributed by atoms with Crippen LogP contribution in [0.4, 0.5) is 0 Å². The van der Waals surface area contributed by atoms with E-state index in [2.05, 4.69) is 60.7 Å². The Morgan fingerprint density at radius 2 is 0.931 bits per heavy atom. The largest absolute Gasteiger partial charge is 0.457 e. The highest BCUT2D eigenvalue weighted by Crippen LogP contribution is 2.46. The Morgan fingerprint density at radius 1 is 0.483 bits per heavy atom. The van der Waals surface area contributed by atoms with Crippen LogP contribution in [0.15, 0.2) is 94.7 Å². The summed E-state index contributed by atoms with van der Waals surface area (Å²) in [5.74, 6) is 3.84. The predicted octanol–water partition coefficient (Wildman–Crippen LogP) is 7.23. The van der Waals surface area contributed by atoms with Crippen molar-refractivity contribution in [3.63, 3.8) is 0 Å². The molecular formula is C26H18O2S. The van der Waals surface area contributed by atoms with Crippen molar-refractivity contribution in [2.75, 3.05) is 0 Å². The van der Waals surface area contributed by atoms with Gasteiger partial charge in [-0.05, 0) is 47.5 Å². The normalized spacial score (nSPS) is 13.2. The predicted molar refractivity (Wildman–Crippen MR) is 116 cm³/mol. The number of ether oxygens (including phenoxy) is 2. The average Bonchev–Trinajstić information content (AvgIpc) is 2.77. The minimum absolute atomic E-state index is 0.892. The molecule has 6 rings (SSSR count). The quantitative estimate of drug-likeness (QED) is 0.309. The van der Waals surface area contributed by atoms with E-state index in [-0.39, 0.29) is 0 Å². The fourth-order valence-electron chi connectivity index (χ4n) is 4.06. The monoisotopic (exact) mass is 394 g/mol. The van der Waals surface area contributed by atoms with E-state index >= 15 is 0 Å². The molecule has 0 amide bonds. The average molecular weight is 394 g/mol. The third kappa shape index (κ3) is 2.90. The van der Waals surface area contributed by atoms with Gasteiger partial charge in [0.05, 0.1) is 0 Å². The number of rotatable bonds is 2. The molecular weight excluding hydrogens is 376 g/mol. The number of benzene rings is 4. The number of hydrogen-bond acceptors (Lipinski definition) is 3. The van der Waals surface area contributed by atoms with E-state index in [9.17, 15) is 0 Å². The Bertz CT molecular complexity index is 1150. The van der Waals surface area contributed by atoms with Gasteiger partial charge in [0.2, 0.25) is 0 Å². The van der Waals surface area contributed by atoms with Crippen LogP contribution in [0, 0.1) is 0 Å². The van der Waals surface area contributed by atoms with E-state index < -0.39 is 0 Å². The van der Waals surface area contributed by atoms with Crippen LogP contribution in [0.3, 0.4) is 0 Å². The smallest absolute Gasteiger partial charge is 0.132 e. The first-order valence-electron chi connectivity index (χ1n) is 9.78. The lowest BCUT2D eigenvalue weighted by molar-refractivity contribution is 0.457. The van der Waals surface area contributed by atoms with Gasteiger partial charge < -0.3 is 9.47 Å². The summed E-state index contributed by atoms with van der Waals surface area (Å²) < 4.78 is 12.4. The first-order valence-corrected chi connectivity index (χ1v) is 10.6. The molecule has 29 heavy (non-hydrogen) atoms. The molecule has 0 radical (unpaired) electrons. The minimum atomic E-state index is 0.892. The molecule has 2 aliphatic rings. The van der Waals surface area contributed by atoms with Gasteiger partial charge in [-0.2, -0.15) is 0 Å². The molecule has 0 aromatic heterocycles. The van der Waals surface area contributed by atoms with Crippen LogP contribution < -0.4 is 9.47 Å². The van der Waals surface area contributed by atoms with Crippen LogP contribution in [0.5, 0.6) is 23.0 Å². The van der Waals surface area contributed by atoms with Gasteiger partial charge in [0.1, 0.15) is 23.0 Å². The van der Waals surface area contributed by atoms with Gasteiger partial charge in [0, 0.05) is 33.8 Å². The van der Waals surface area contributed by atoms with Gasteiger partial charge in [-0.3, -0.25) is 0 Å².